The molecule has 1 N–H and O–H groups in total. The molecule has 0 bridgehead atoms. The summed E-state index contributed by atoms with van der Waals surface area (Å²) in [7, 11) is 1.57. The molecule has 2 aromatic rings. The monoisotopic (exact) mass is 295 g/mol. The minimum Gasteiger partial charge on any atom is -0.495 e. The minimum atomic E-state index is -0.238. The van der Waals surface area contributed by atoms with Gasteiger partial charge in [-0.05, 0) is 38.5 Å². The molecule has 0 saturated heterocycles. The van der Waals surface area contributed by atoms with E-state index in [0.29, 0.717) is 10.8 Å². The van der Waals surface area contributed by atoms with E-state index in [4.69, 9.17) is 21.1 Å². The third-order valence-electron chi connectivity index (χ3n) is 3.08. The number of methoxy groups -OCH3 is 1. The number of esters is 1. The second-order valence-corrected chi connectivity index (χ2v) is 5.38. The van der Waals surface area contributed by atoms with Crippen molar-refractivity contribution in [2.75, 3.05) is 7.11 Å². The molecule has 0 radical (unpaired) electrons. The molecule has 1 aromatic carbocycles. The van der Waals surface area contributed by atoms with Gasteiger partial charge >= 0.3 is 5.97 Å². The summed E-state index contributed by atoms with van der Waals surface area (Å²) in [6.45, 7) is 5.60. The Balaban J connectivity index is 2.42. The van der Waals surface area contributed by atoms with Gasteiger partial charge < -0.3 is 14.5 Å². The van der Waals surface area contributed by atoms with Crippen LogP contribution in [-0.4, -0.2) is 24.2 Å². The third kappa shape index (κ3) is 2.90. The first-order chi connectivity index (χ1) is 9.42. The molecule has 108 valence electrons. The maximum Gasteiger partial charge on any atom is 0.310 e. The Morgan fingerprint density at radius 1 is 1.40 bits per heavy atom. The van der Waals surface area contributed by atoms with Crippen LogP contribution in [-0.2, 0) is 16.0 Å². The quantitative estimate of drug-likeness (QED) is 0.876. The highest BCUT2D eigenvalue weighted by molar-refractivity contribution is 6.32. The topological polar surface area (TPSA) is 51.3 Å². The van der Waals surface area contributed by atoms with Gasteiger partial charge in [-0.1, -0.05) is 11.6 Å². The summed E-state index contributed by atoms with van der Waals surface area (Å²) < 4.78 is 10.4. The summed E-state index contributed by atoms with van der Waals surface area (Å²) in [4.78, 5) is 15.1. The van der Waals surface area contributed by atoms with E-state index in [-0.39, 0.29) is 18.5 Å². The van der Waals surface area contributed by atoms with Crippen LogP contribution in [0.25, 0.3) is 10.9 Å². The van der Waals surface area contributed by atoms with E-state index >= 15 is 0 Å². The molecule has 0 unspecified atom stereocenters. The fourth-order valence-electron chi connectivity index (χ4n) is 2.22. The Morgan fingerprint density at radius 2 is 2.10 bits per heavy atom. The molecule has 0 aliphatic heterocycles. The standard InChI is InChI=1S/C15H18ClNO3/c1-8(2)20-15(18)6-10-9(3)17-13-7-12(16)14(19-4)5-11(10)13/h5,7-8,17H,6H2,1-4H3. The molecule has 0 fully saturated rings. The van der Waals surface area contributed by atoms with Crippen molar-refractivity contribution in [1.82, 2.24) is 4.98 Å². The van der Waals surface area contributed by atoms with Gasteiger partial charge in [-0.15, -0.1) is 0 Å². The van der Waals surface area contributed by atoms with Crippen molar-refractivity contribution in [3.8, 4) is 5.75 Å². The zero-order chi connectivity index (χ0) is 14.9. The van der Waals surface area contributed by atoms with Gasteiger partial charge in [0.15, 0.2) is 0 Å². The van der Waals surface area contributed by atoms with Gasteiger partial charge in [0.05, 0.1) is 24.7 Å². The number of halogens is 1. The molecule has 0 aliphatic carbocycles. The number of aryl methyl sites for hydroxylation is 1. The van der Waals surface area contributed by atoms with Crippen molar-refractivity contribution in [2.24, 2.45) is 0 Å². The number of carbonyl (C=O) groups is 1. The lowest BCUT2D eigenvalue weighted by Crippen LogP contribution is -2.13. The predicted molar refractivity (Wildman–Crippen MR) is 79.5 cm³/mol. The first-order valence-corrected chi connectivity index (χ1v) is 6.84. The van der Waals surface area contributed by atoms with Crippen LogP contribution in [0.1, 0.15) is 25.1 Å². The van der Waals surface area contributed by atoms with Gasteiger partial charge in [-0.2, -0.15) is 0 Å². The molecular weight excluding hydrogens is 278 g/mol. The normalized spacial score (nSPS) is 11.1. The van der Waals surface area contributed by atoms with E-state index in [9.17, 15) is 4.79 Å². The Morgan fingerprint density at radius 3 is 2.70 bits per heavy atom. The molecular formula is C15H18ClNO3. The number of carbonyl (C=O) groups excluding carboxylic acids is 1. The van der Waals surface area contributed by atoms with Crippen molar-refractivity contribution in [2.45, 2.75) is 33.3 Å². The van der Waals surface area contributed by atoms with E-state index in [1.54, 1.807) is 13.2 Å². The highest BCUT2D eigenvalue weighted by atomic mass is 35.5. The van der Waals surface area contributed by atoms with Gasteiger partial charge in [0.1, 0.15) is 5.75 Å². The Kier molecular flexibility index (Phi) is 4.23. The molecule has 0 amide bonds. The van der Waals surface area contributed by atoms with Crippen LogP contribution in [0.4, 0.5) is 0 Å². The predicted octanol–water partition coefficient (Wildman–Crippen LogP) is 3.63. The van der Waals surface area contributed by atoms with Crippen molar-refractivity contribution >= 4 is 28.5 Å². The molecule has 4 nitrogen and oxygen atoms in total. The molecule has 20 heavy (non-hydrogen) atoms. The summed E-state index contributed by atoms with van der Waals surface area (Å²) in [6.07, 6.45) is 0.117. The summed E-state index contributed by atoms with van der Waals surface area (Å²) in [5, 5.41) is 1.47. The van der Waals surface area contributed by atoms with Crippen LogP contribution in [0.15, 0.2) is 12.1 Å². The van der Waals surface area contributed by atoms with Crippen LogP contribution in [0.2, 0.25) is 5.02 Å². The first kappa shape index (κ1) is 14.7. The van der Waals surface area contributed by atoms with Crippen LogP contribution >= 0.6 is 11.6 Å². The van der Waals surface area contributed by atoms with E-state index in [1.807, 2.05) is 26.8 Å². The zero-order valence-corrected chi connectivity index (χ0v) is 12.8. The third-order valence-corrected chi connectivity index (χ3v) is 3.38. The van der Waals surface area contributed by atoms with Crippen LogP contribution in [0.5, 0.6) is 5.75 Å². The molecule has 0 spiro atoms. The summed E-state index contributed by atoms with van der Waals surface area (Å²) in [5.74, 6) is 0.356. The van der Waals surface area contributed by atoms with Gasteiger partial charge in [0, 0.05) is 16.6 Å². The van der Waals surface area contributed by atoms with Crippen molar-refractivity contribution in [3.05, 3.63) is 28.4 Å². The van der Waals surface area contributed by atoms with Crippen LogP contribution in [0, 0.1) is 6.92 Å². The number of rotatable bonds is 4. The van der Waals surface area contributed by atoms with Gasteiger partial charge in [-0.3, -0.25) is 4.79 Å². The Hall–Kier alpha value is -1.68. The highest BCUT2D eigenvalue weighted by Gasteiger charge is 2.16. The number of aromatic nitrogens is 1. The zero-order valence-electron chi connectivity index (χ0n) is 12.0. The number of hydrogen-bond donors (Lipinski definition) is 1. The summed E-state index contributed by atoms with van der Waals surface area (Å²) >= 11 is 6.10. The maximum atomic E-state index is 11.8. The fourth-order valence-corrected chi connectivity index (χ4v) is 2.46. The summed E-state index contributed by atoms with van der Waals surface area (Å²) in [6, 6.07) is 3.65. The molecule has 1 heterocycles. The number of H-pyrrole nitrogens is 1. The second kappa shape index (κ2) is 5.75. The second-order valence-electron chi connectivity index (χ2n) is 4.98. The van der Waals surface area contributed by atoms with Crippen LogP contribution < -0.4 is 4.74 Å². The number of fused-ring (bicyclic) bond motifs is 1. The molecule has 2 rings (SSSR count). The highest BCUT2D eigenvalue weighted by Crippen LogP contribution is 2.33. The van der Waals surface area contributed by atoms with Crippen LogP contribution in [0.3, 0.4) is 0 Å². The molecule has 1 aromatic heterocycles. The number of benzene rings is 1. The molecule has 0 aliphatic rings. The van der Waals surface area contributed by atoms with Gasteiger partial charge in [0.25, 0.3) is 0 Å². The maximum absolute atomic E-state index is 11.8. The van der Waals surface area contributed by atoms with E-state index in [0.717, 1.165) is 22.2 Å². The van der Waals surface area contributed by atoms with Gasteiger partial charge in [0.2, 0.25) is 0 Å². The lowest BCUT2D eigenvalue weighted by molar-refractivity contribution is -0.146. The minimum absolute atomic E-state index is 0.114. The summed E-state index contributed by atoms with van der Waals surface area (Å²) in [5.41, 5.74) is 2.74. The fraction of sp³-hybridized carbons (Fsp3) is 0.400. The van der Waals surface area contributed by atoms with E-state index in [2.05, 4.69) is 4.98 Å². The number of ether oxygens (including phenoxy) is 2. The Bertz CT molecular complexity index is 646. The van der Waals surface area contributed by atoms with Crippen molar-refractivity contribution in [3.63, 3.8) is 0 Å². The van der Waals surface area contributed by atoms with Crippen molar-refractivity contribution < 1.29 is 14.3 Å². The smallest absolute Gasteiger partial charge is 0.310 e. The van der Waals surface area contributed by atoms with E-state index in [1.165, 1.54) is 0 Å². The van der Waals surface area contributed by atoms with Crippen molar-refractivity contribution in [1.29, 1.82) is 0 Å². The number of aromatic amines is 1. The van der Waals surface area contributed by atoms with Gasteiger partial charge in [-0.25, -0.2) is 0 Å². The molecule has 0 atom stereocenters. The Labute approximate surface area is 123 Å². The largest absolute Gasteiger partial charge is 0.495 e. The first-order valence-electron chi connectivity index (χ1n) is 6.46. The lowest BCUT2D eigenvalue weighted by atomic mass is 10.1. The molecule has 5 heteroatoms. The average Bonchev–Trinajstić information content (AvgIpc) is 2.63. The average molecular weight is 296 g/mol. The number of hydrogen-bond acceptors (Lipinski definition) is 3. The molecule has 0 saturated carbocycles. The lowest BCUT2D eigenvalue weighted by Gasteiger charge is -2.08. The SMILES string of the molecule is COc1cc2c(CC(=O)OC(C)C)c(C)[nH]c2cc1Cl. The van der Waals surface area contributed by atoms with E-state index < -0.39 is 0 Å². The number of nitrogens with one attached hydrogen (secondary N) is 1.